The van der Waals surface area contributed by atoms with Crippen LogP contribution in [0.5, 0.6) is 0 Å². The minimum absolute atomic E-state index is 0.390. The molecule has 0 atom stereocenters. The summed E-state index contributed by atoms with van der Waals surface area (Å²) < 4.78 is 1.86. The largest absolute Gasteiger partial charge is 0.366 e. The Kier molecular flexibility index (Phi) is 1.37. The van der Waals surface area contributed by atoms with Crippen molar-refractivity contribution in [3.8, 4) is 0 Å². The molecule has 2 rings (SSSR count). The summed E-state index contributed by atoms with van der Waals surface area (Å²) >= 11 is 0. The SMILES string of the molecule is NC(=O)c1cc2ccccn2c1. The Labute approximate surface area is 69.4 Å². The van der Waals surface area contributed by atoms with Crippen LogP contribution in [0.15, 0.2) is 36.7 Å². The van der Waals surface area contributed by atoms with Crippen LogP contribution in [-0.2, 0) is 0 Å². The van der Waals surface area contributed by atoms with Crippen molar-refractivity contribution >= 4 is 11.4 Å². The van der Waals surface area contributed by atoms with Gasteiger partial charge in [0.25, 0.3) is 0 Å². The van der Waals surface area contributed by atoms with Crippen molar-refractivity contribution in [1.29, 1.82) is 0 Å². The van der Waals surface area contributed by atoms with E-state index < -0.39 is 5.91 Å². The molecule has 0 saturated heterocycles. The summed E-state index contributed by atoms with van der Waals surface area (Å²) in [7, 11) is 0. The molecular formula is C9H8N2O. The number of amides is 1. The van der Waals surface area contributed by atoms with Gasteiger partial charge in [0.1, 0.15) is 0 Å². The zero-order valence-electron chi connectivity index (χ0n) is 6.40. The number of hydrogen-bond donors (Lipinski definition) is 1. The van der Waals surface area contributed by atoms with Gasteiger partial charge >= 0.3 is 0 Å². The van der Waals surface area contributed by atoms with Crippen molar-refractivity contribution < 1.29 is 4.79 Å². The molecule has 0 bridgehead atoms. The average Bonchev–Trinajstić information content (AvgIpc) is 2.46. The molecule has 0 aromatic carbocycles. The highest BCUT2D eigenvalue weighted by Crippen LogP contribution is 2.08. The Balaban J connectivity index is 2.70. The molecule has 0 aliphatic carbocycles. The molecule has 0 fully saturated rings. The second-order valence-corrected chi connectivity index (χ2v) is 2.63. The number of nitrogens with two attached hydrogens (primary N) is 1. The molecule has 0 spiro atoms. The minimum atomic E-state index is -0.390. The van der Waals surface area contributed by atoms with Crippen LogP contribution in [0.3, 0.4) is 0 Å². The maximum atomic E-state index is 10.8. The highest BCUT2D eigenvalue weighted by Gasteiger charge is 2.02. The normalized spacial score (nSPS) is 10.3. The molecule has 0 unspecified atom stereocenters. The first kappa shape index (κ1) is 6.91. The summed E-state index contributed by atoms with van der Waals surface area (Å²) in [5.41, 5.74) is 6.65. The summed E-state index contributed by atoms with van der Waals surface area (Å²) in [4.78, 5) is 10.8. The van der Waals surface area contributed by atoms with Gasteiger partial charge in [-0.1, -0.05) is 6.07 Å². The fraction of sp³-hybridized carbons (Fsp3) is 0. The van der Waals surface area contributed by atoms with Gasteiger partial charge in [-0.05, 0) is 18.2 Å². The van der Waals surface area contributed by atoms with Crippen molar-refractivity contribution in [3.63, 3.8) is 0 Å². The fourth-order valence-electron chi connectivity index (χ4n) is 1.19. The number of aromatic nitrogens is 1. The van der Waals surface area contributed by atoms with Crippen LogP contribution >= 0.6 is 0 Å². The van der Waals surface area contributed by atoms with Crippen LogP contribution in [-0.4, -0.2) is 10.3 Å². The Hall–Kier alpha value is -1.77. The second kappa shape index (κ2) is 2.37. The molecule has 1 amide bonds. The van der Waals surface area contributed by atoms with Crippen LogP contribution in [0, 0.1) is 0 Å². The summed E-state index contributed by atoms with van der Waals surface area (Å²) in [6, 6.07) is 7.51. The number of fused-ring (bicyclic) bond motifs is 1. The molecule has 0 radical (unpaired) electrons. The molecule has 2 heterocycles. The zero-order chi connectivity index (χ0) is 8.55. The van der Waals surface area contributed by atoms with E-state index in [1.54, 1.807) is 12.3 Å². The zero-order valence-corrected chi connectivity index (χ0v) is 6.40. The third kappa shape index (κ3) is 0.955. The van der Waals surface area contributed by atoms with E-state index in [2.05, 4.69) is 0 Å². The van der Waals surface area contributed by atoms with E-state index in [0.717, 1.165) is 5.52 Å². The molecule has 3 nitrogen and oxygen atoms in total. The predicted molar refractivity (Wildman–Crippen MR) is 45.9 cm³/mol. The van der Waals surface area contributed by atoms with Gasteiger partial charge in [-0.3, -0.25) is 4.79 Å². The quantitative estimate of drug-likeness (QED) is 0.665. The number of nitrogens with zero attached hydrogens (tertiary/aromatic N) is 1. The average molecular weight is 160 g/mol. The number of pyridine rings is 1. The third-order valence-corrected chi connectivity index (χ3v) is 1.79. The maximum absolute atomic E-state index is 10.8. The molecular weight excluding hydrogens is 152 g/mol. The van der Waals surface area contributed by atoms with E-state index in [1.807, 2.05) is 28.8 Å². The predicted octanol–water partition coefficient (Wildman–Crippen LogP) is 1.04. The van der Waals surface area contributed by atoms with Gasteiger partial charge < -0.3 is 10.1 Å². The highest BCUT2D eigenvalue weighted by atomic mass is 16.1. The van der Waals surface area contributed by atoms with Crippen molar-refractivity contribution in [3.05, 3.63) is 42.2 Å². The van der Waals surface area contributed by atoms with E-state index in [-0.39, 0.29) is 0 Å². The summed E-state index contributed by atoms with van der Waals surface area (Å²) in [6.45, 7) is 0. The molecule has 12 heavy (non-hydrogen) atoms. The topological polar surface area (TPSA) is 47.5 Å². The van der Waals surface area contributed by atoms with Crippen molar-refractivity contribution in [2.75, 3.05) is 0 Å². The third-order valence-electron chi connectivity index (χ3n) is 1.79. The summed E-state index contributed by atoms with van der Waals surface area (Å²) in [5, 5.41) is 0. The van der Waals surface area contributed by atoms with Crippen molar-refractivity contribution in [2.45, 2.75) is 0 Å². The summed E-state index contributed by atoms with van der Waals surface area (Å²) in [6.07, 6.45) is 3.60. The number of carbonyl (C=O) groups is 1. The lowest BCUT2D eigenvalue weighted by Crippen LogP contribution is -2.09. The maximum Gasteiger partial charge on any atom is 0.250 e. The minimum Gasteiger partial charge on any atom is -0.366 e. The molecule has 0 aliphatic rings. The van der Waals surface area contributed by atoms with Gasteiger partial charge in [-0.25, -0.2) is 0 Å². The lowest BCUT2D eigenvalue weighted by molar-refractivity contribution is 0.100. The number of primary amides is 1. The molecule has 2 N–H and O–H groups in total. The van der Waals surface area contributed by atoms with Crippen molar-refractivity contribution in [2.24, 2.45) is 5.73 Å². The van der Waals surface area contributed by atoms with E-state index in [9.17, 15) is 4.79 Å². The monoisotopic (exact) mass is 160 g/mol. The number of hydrogen-bond acceptors (Lipinski definition) is 1. The van der Waals surface area contributed by atoms with Crippen LogP contribution in [0.2, 0.25) is 0 Å². The number of rotatable bonds is 1. The molecule has 0 saturated carbocycles. The lowest BCUT2D eigenvalue weighted by atomic mass is 10.3. The van der Waals surface area contributed by atoms with Crippen LogP contribution < -0.4 is 5.73 Å². The van der Waals surface area contributed by atoms with Crippen LogP contribution in [0.4, 0.5) is 0 Å². The first-order chi connectivity index (χ1) is 5.77. The molecule has 2 aromatic rings. The van der Waals surface area contributed by atoms with Crippen molar-refractivity contribution in [1.82, 2.24) is 4.40 Å². The van der Waals surface area contributed by atoms with Crippen LogP contribution in [0.1, 0.15) is 10.4 Å². The highest BCUT2D eigenvalue weighted by molar-refractivity contribution is 5.94. The lowest BCUT2D eigenvalue weighted by Gasteiger charge is -1.88. The van der Waals surface area contributed by atoms with E-state index in [1.165, 1.54) is 0 Å². The Morgan fingerprint density at radius 3 is 2.92 bits per heavy atom. The van der Waals surface area contributed by atoms with Gasteiger partial charge in [0.05, 0.1) is 5.56 Å². The fourth-order valence-corrected chi connectivity index (χ4v) is 1.19. The van der Waals surface area contributed by atoms with E-state index in [4.69, 9.17) is 5.73 Å². The second-order valence-electron chi connectivity index (χ2n) is 2.63. The Morgan fingerprint density at radius 2 is 2.25 bits per heavy atom. The summed E-state index contributed by atoms with van der Waals surface area (Å²) in [5.74, 6) is -0.390. The molecule has 60 valence electrons. The Bertz CT molecular complexity index is 398. The van der Waals surface area contributed by atoms with Gasteiger partial charge in [0, 0.05) is 17.9 Å². The molecule has 0 aliphatic heterocycles. The molecule has 3 heteroatoms. The van der Waals surface area contributed by atoms with Gasteiger partial charge in [-0.2, -0.15) is 0 Å². The first-order valence-corrected chi connectivity index (χ1v) is 3.64. The van der Waals surface area contributed by atoms with E-state index >= 15 is 0 Å². The molecule has 2 aromatic heterocycles. The smallest absolute Gasteiger partial charge is 0.250 e. The number of carbonyl (C=O) groups excluding carboxylic acids is 1. The standard InChI is InChI=1S/C9H8N2O/c10-9(12)7-5-8-3-1-2-4-11(8)6-7/h1-6H,(H2,10,12). The van der Waals surface area contributed by atoms with E-state index in [0.29, 0.717) is 5.56 Å². The van der Waals surface area contributed by atoms with Gasteiger partial charge in [-0.15, -0.1) is 0 Å². The van der Waals surface area contributed by atoms with Gasteiger partial charge in [0.2, 0.25) is 5.91 Å². The van der Waals surface area contributed by atoms with Gasteiger partial charge in [0.15, 0.2) is 0 Å². The van der Waals surface area contributed by atoms with Crippen LogP contribution in [0.25, 0.3) is 5.52 Å². The Morgan fingerprint density at radius 1 is 1.42 bits per heavy atom. The first-order valence-electron chi connectivity index (χ1n) is 3.64.